The summed E-state index contributed by atoms with van der Waals surface area (Å²) in [5, 5.41) is 7.00. The van der Waals surface area contributed by atoms with Gasteiger partial charge in [0, 0.05) is 54.5 Å². The van der Waals surface area contributed by atoms with Crippen LogP contribution in [0.2, 0.25) is 0 Å². The first kappa shape index (κ1) is 30.4. The van der Waals surface area contributed by atoms with E-state index in [1.54, 1.807) is 37.4 Å². The maximum atomic E-state index is 15.2. The Morgan fingerprint density at radius 2 is 1.80 bits per heavy atom. The molecular formula is C32H29F3N6O3S. The number of anilines is 1. The summed E-state index contributed by atoms with van der Waals surface area (Å²) in [6.07, 6.45) is 3.78. The molecule has 2 atom stereocenters. The van der Waals surface area contributed by atoms with E-state index in [9.17, 15) is 17.2 Å². The third kappa shape index (κ3) is 6.89. The Kier molecular flexibility index (Phi) is 8.63. The first-order chi connectivity index (χ1) is 21.7. The van der Waals surface area contributed by atoms with Crippen LogP contribution in [-0.2, 0) is 21.3 Å². The molecule has 3 aromatic carbocycles. The predicted molar refractivity (Wildman–Crippen MR) is 164 cm³/mol. The number of sulfone groups is 1. The second-order valence-electron chi connectivity index (χ2n) is 10.9. The van der Waals surface area contributed by atoms with Crippen LogP contribution >= 0.6 is 0 Å². The average molecular weight is 635 g/mol. The Labute approximate surface area is 257 Å². The molecule has 2 N–H and O–H groups in total. The molecule has 0 radical (unpaired) electrons. The second kappa shape index (κ2) is 12.8. The minimum Gasteiger partial charge on any atom is -0.437 e. The van der Waals surface area contributed by atoms with E-state index in [2.05, 4.69) is 30.6 Å². The van der Waals surface area contributed by atoms with E-state index >= 15 is 4.39 Å². The van der Waals surface area contributed by atoms with Gasteiger partial charge in [-0.05, 0) is 42.1 Å². The highest BCUT2D eigenvalue weighted by Crippen LogP contribution is 2.38. The number of hydrogen-bond acceptors (Lipinski definition) is 9. The minimum atomic E-state index is -3.95. The topological polar surface area (TPSA) is 119 Å². The van der Waals surface area contributed by atoms with Gasteiger partial charge in [-0.1, -0.05) is 30.3 Å². The Hall–Kier alpha value is -4.62. The summed E-state index contributed by atoms with van der Waals surface area (Å²) < 4.78 is 75.8. The number of nitrogens with one attached hydrogen (secondary N) is 2. The predicted octanol–water partition coefficient (Wildman–Crippen LogP) is 5.69. The molecule has 0 spiro atoms. The summed E-state index contributed by atoms with van der Waals surface area (Å²) in [5.41, 5.74) is 1.55. The van der Waals surface area contributed by atoms with Gasteiger partial charge in [-0.25, -0.2) is 41.5 Å². The molecule has 0 aliphatic carbocycles. The Bertz CT molecular complexity index is 1980. The van der Waals surface area contributed by atoms with Crippen LogP contribution in [0.25, 0.3) is 22.0 Å². The molecule has 1 fully saturated rings. The fourth-order valence-corrected chi connectivity index (χ4v) is 6.90. The molecule has 2 aromatic heterocycles. The molecule has 13 heteroatoms. The van der Waals surface area contributed by atoms with Crippen molar-refractivity contribution in [3.8, 4) is 22.9 Å². The van der Waals surface area contributed by atoms with Gasteiger partial charge in [0.25, 0.3) is 0 Å². The van der Waals surface area contributed by atoms with Crippen LogP contribution in [0.3, 0.4) is 0 Å². The number of ether oxygens (including phenoxy) is 1. The number of alkyl halides is 1. The van der Waals surface area contributed by atoms with E-state index in [1.165, 1.54) is 42.9 Å². The van der Waals surface area contributed by atoms with Gasteiger partial charge in [-0.2, -0.15) is 0 Å². The largest absolute Gasteiger partial charge is 0.437 e. The lowest BCUT2D eigenvalue weighted by atomic mass is 10.0. The number of nitrogens with zero attached hydrogens (tertiary/aromatic N) is 4. The Morgan fingerprint density at radius 1 is 0.978 bits per heavy atom. The van der Waals surface area contributed by atoms with E-state index in [-0.39, 0.29) is 23.0 Å². The van der Waals surface area contributed by atoms with Gasteiger partial charge in [0.15, 0.2) is 9.84 Å². The second-order valence-corrected chi connectivity index (χ2v) is 13.0. The van der Waals surface area contributed by atoms with Crippen molar-refractivity contribution in [1.29, 1.82) is 0 Å². The number of aryl methyl sites for hydroxylation is 1. The molecule has 232 valence electrons. The van der Waals surface area contributed by atoms with Gasteiger partial charge in [0.1, 0.15) is 29.9 Å². The van der Waals surface area contributed by atoms with Crippen molar-refractivity contribution >= 4 is 26.6 Å². The lowest BCUT2D eigenvalue weighted by Crippen LogP contribution is -2.44. The molecule has 0 bridgehead atoms. The van der Waals surface area contributed by atoms with Gasteiger partial charge < -0.3 is 15.4 Å². The highest BCUT2D eigenvalue weighted by atomic mass is 32.2. The third-order valence-corrected chi connectivity index (χ3v) is 9.02. The number of hydrogen-bond donors (Lipinski definition) is 2. The van der Waals surface area contributed by atoms with E-state index in [1.807, 2.05) is 0 Å². The lowest BCUT2D eigenvalue weighted by molar-refractivity contribution is 0.254. The average Bonchev–Trinajstić information content (AvgIpc) is 3.01. The standard InChI is InChI=1S/C32H29F3N6O3S/c1-19-6-7-23-24(8-9-28(35)26(23)17-45(42,43)16-20-4-2-3-5-27(20)34)30(19)44-31-25(15-37-18-39-31)29-10-11-38-32(41-29)40-22-12-21(33)13-36-14-22/h2-11,15,18,21-22,36H,12-14,16-17H2,1H3,(H,38,40,41)/t21-,22-/m0/s1. The van der Waals surface area contributed by atoms with Gasteiger partial charge in [0.05, 0.1) is 22.8 Å². The molecule has 0 amide bonds. The minimum absolute atomic E-state index is 0.0133. The summed E-state index contributed by atoms with van der Waals surface area (Å²) in [4.78, 5) is 17.3. The molecule has 1 aliphatic rings. The number of halogens is 3. The molecule has 9 nitrogen and oxygen atoms in total. The summed E-state index contributed by atoms with van der Waals surface area (Å²) in [6.45, 7) is 2.69. The SMILES string of the molecule is Cc1ccc2c(CS(=O)(=O)Cc3ccccc3F)c(F)ccc2c1Oc1ncncc1-c1ccnc(N[C@@H]2CNC[C@@H](F)C2)n1. The summed E-state index contributed by atoms with van der Waals surface area (Å²) in [7, 11) is -3.95. The number of aromatic nitrogens is 4. The van der Waals surface area contributed by atoms with E-state index in [0.29, 0.717) is 58.8 Å². The van der Waals surface area contributed by atoms with Gasteiger partial charge in [-0.3, -0.25) is 0 Å². The monoisotopic (exact) mass is 634 g/mol. The Balaban J connectivity index is 1.32. The zero-order chi connectivity index (χ0) is 31.6. The number of fused-ring (bicyclic) bond motifs is 1. The summed E-state index contributed by atoms with van der Waals surface area (Å²) in [5.74, 6) is -1.75. The van der Waals surface area contributed by atoms with Gasteiger partial charge in [0.2, 0.25) is 11.8 Å². The number of benzene rings is 3. The van der Waals surface area contributed by atoms with Crippen LogP contribution in [0.4, 0.5) is 19.1 Å². The Morgan fingerprint density at radius 3 is 2.62 bits per heavy atom. The lowest BCUT2D eigenvalue weighted by Gasteiger charge is -2.26. The molecule has 45 heavy (non-hydrogen) atoms. The highest BCUT2D eigenvalue weighted by Gasteiger charge is 2.24. The van der Waals surface area contributed by atoms with Crippen molar-refractivity contribution in [2.24, 2.45) is 0 Å². The zero-order valence-corrected chi connectivity index (χ0v) is 25.0. The normalized spacial score (nSPS) is 16.9. The van der Waals surface area contributed by atoms with Crippen molar-refractivity contribution in [2.75, 3.05) is 18.4 Å². The van der Waals surface area contributed by atoms with Gasteiger partial charge in [-0.15, -0.1) is 0 Å². The maximum Gasteiger partial charge on any atom is 0.231 e. The van der Waals surface area contributed by atoms with Crippen LogP contribution in [-0.4, -0.2) is 53.7 Å². The molecule has 3 heterocycles. The highest BCUT2D eigenvalue weighted by molar-refractivity contribution is 7.89. The van der Waals surface area contributed by atoms with Crippen molar-refractivity contribution in [3.05, 3.63) is 102 Å². The van der Waals surface area contributed by atoms with Crippen LogP contribution in [0.15, 0.2) is 73.3 Å². The molecular weight excluding hydrogens is 605 g/mol. The van der Waals surface area contributed by atoms with E-state index in [4.69, 9.17) is 4.74 Å². The fraction of sp³-hybridized carbons (Fsp3) is 0.250. The first-order valence-corrected chi connectivity index (χ1v) is 16.1. The van der Waals surface area contributed by atoms with Crippen molar-refractivity contribution < 1.29 is 26.3 Å². The number of piperidine rings is 1. The first-order valence-electron chi connectivity index (χ1n) is 14.2. The van der Waals surface area contributed by atoms with Crippen LogP contribution in [0, 0.1) is 18.6 Å². The van der Waals surface area contributed by atoms with Crippen molar-refractivity contribution in [3.63, 3.8) is 0 Å². The molecule has 0 unspecified atom stereocenters. The molecule has 6 rings (SSSR count). The summed E-state index contributed by atoms with van der Waals surface area (Å²) >= 11 is 0. The van der Waals surface area contributed by atoms with Crippen LogP contribution < -0.4 is 15.4 Å². The van der Waals surface area contributed by atoms with Crippen molar-refractivity contribution in [1.82, 2.24) is 25.3 Å². The van der Waals surface area contributed by atoms with E-state index < -0.39 is 39.1 Å². The number of rotatable bonds is 9. The van der Waals surface area contributed by atoms with Crippen LogP contribution in [0.5, 0.6) is 11.6 Å². The molecule has 1 aliphatic heterocycles. The smallest absolute Gasteiger partial charge is 0.231 e. The molecule has 1 saturated heterocycles. The third-order valence-electron chi connectivity index (χ3n) is 7.54. The summed E-state index contributed by atoms with van der Waals surface area (Å²) in [6, 6.07) is 13.1. The molecule has 0 saturated carbocycles. The van der Waals surface area contributed by atoms with Crippen molar-refractivity contribution in [2.45, 2.75) is 37.1 Å². The van der Waals surface area contributed by atoms with Gasteiger partial charge >= 0.3 is 0 Å². The fourth-order valence-electron chi connectivity index (χ4n) is 5.36. The molecule has 5 aromatic rings. The van der Waals surface area contributed by atoms with E-state index in [0.717, 1.165) is 0 Å². The maximum absolute atomic E-state index is 15.2. The zero-order valence-electron chi connectivity index (χ0n) is 24.2. The van der Waals surface area contributed by atoms with Crippen LogP contribution in [0.1, 0.15) is 23.1 Å². The quantitative estimate of drug-likeness (QED) is 0.211.